The molecule has 0 aliphatic carbocycles. The van der Waals surface area contributed by atoms with Crippen molar-refractivity contribution in [2.24, 2.45) is 10.2 Å². The summed E-state index contributed by atoms with van der Waals surface area (Å²) in [6.07, 6.45) is 0. The normalized spacial score (nSPS) is 12.1. The number of nitrogens with zero attached hydrogens (tertiary/aromatic N) is 4. The molecular weight excluding hydrogens is 364 g/mol. The Morgan fingerprint density at radius 3 is 2.34 bits per heavy atom. The monoisotopic (exact) mass is 386 g/mol. The maximum atomic E-state index is 13.2. The molecular formula is C23H22N4O2. The van der Waals surface area contributed by atoms with Crippen molar-refractivity contribution in [2.45, 2.75) is 33.7 Å². The third-order valence-electron chi connectivity index (χ3n) is 5.14. The lowest BCUT2D eigenvalue weighted by Gasteiger charge is -2.19. The zero-order chi connectivity index (χ0) is 21.1. The van der Waals surface area contributed by atoms with Gasteiger partial charge in [-0.15, -0.1) is 5.11 Å². The van der Waals surface area contributed by atoms with Crippen LogP contribution in [-0.2, 0) is 0 Å². The second kappa shape index (κ2) is 8.11. The molecule has 0 fully saturated rings. The van der Waals surface area contributed by atoms with Crippen LogP contribution in [0.5, 0.6) is 5.88 Å². The molecule has 146 valence electrons. The van der Waals surface area contributed by atoms with E-state index in [0.29, 0.717) is 11.3 Å². The van der Waals surface area contributed by atoms with E-state index in [1.807, 2.05) is 68.4 Å². The fraction of sp³-hybridized carbons (Fsp3) is 0.217. The van der Waals surface area contributed by atoms with Crippen molar-refractivity contribution >= 4 is 11.4 Å². The predicted molar refractivity (Wildman–Crippen MR) is 112 cm³/mol. The molecule has 3 rings (SSSR count). The Morgan fingerprint density at radius 1 is 1.03 bits per heavy atom. The minimum atomic E-state index is -0.497. The maximum Gasteiger partial charge on any atom is 0.282 e. The van der Waals surface area contributed by atoms with E-state index in [-0.39, 0.29) is 17.1 Å². The van der Waals surface area contributed by atoms with Crippen LogP contribution in [0.1, 0.15) is 40.8 Å². The molecule has 0 aliphatic heterocycles. The molecule has 0 spiro atoms. The van der Waals surface area contributed by atoms with Gasteiger partial charge in [-0.3, -0.25) is 9.36 Å². The highest BCUT2D eigenvalue weighted by atomic mass is 16.3. The molecule has 0 aliphatic rings. The molecule has 1 aromatic heterocycles. The smallest absolute Gasteiger partial charge is 0.282 e. The van der Waals surface area contributed by atoms with Gasteiger partial charge >= 0.3 is 0 Å². The van der Waals surface area contributed by atoms with Crippen molar-refractivity contribution < 1.29 is 5.11 Å². The van der Waals surface area contributed by atoms with Gasteiger partial charge in [0.25, 0.3) is 5.56 Å². The number of hydrogen-bond acceptors (Lipinski definition) is 5. The van der Waals surface area contributed by atoms with E-state index in [1.165, 1.54) is 4.57 Å². The molecule has 29 heavy (non-hydrogen) atoms. The number of hydrogen-bond donors (Lipinski definition) is 1. The third kappa shape index (κ3) is 3.81. The number of azo groups is 1. The minimum Gasteiger partial charge on any atom is -0.493 e. The van der Waals surface area contributed by atoms with E-state index >= 15 is 0 Å². The zero-order valence-corrected chi connectivity index (χ0v) is 16.8. The number of nitriles is 1. The average Bonchev–Trinajstić information content (AvgIpc) is 2.71. The van der Waals surface area contributed by atoms with Gasteiger partial charge in [0.05, 0.1) is 11.7 Å². The fourth-order valence-corrected chi connectivity index (χ4v) is 3.16. The molecule has 6 heteroatoms. The molecule has 1 heterocycles. The number of aromatic hydroxyl groups is 1. The Kier molecular flexibility index (Phi) is 5.60. The number of rotatable bonds is 4. The second-order valence-electron chi connectivity index (χ2n) is 7.01. The Bertz CT molecular complexity index is 1190. The molecule has 0 amide bonds. The number of aromatic nitrogens is 1. The molecule has 0 saturated carbocycles. The van der Waals surface area contributed by atoms with Crippen molar-refractivity contribution in [1.29, 1.82) is 5.26 Å². The standard InChI is InChI=1S/C23H22N4O2/c1-14-10-11-19(12-15(14)2)25-26-21-16(3)20(13-24)22(28)27(23(21)29)17(4)18-8-6-5-7-9-18/h5-12,17,28H,1-4H3. The van der Waals surface area contributed by atoms with Crippen LogP contribution < -0.4 is 5.56 Å². The van der Waals surface area contributed by atoms with Gasteiger partial charge in [-0.2, -0.15) is 10.4 Å². The Hall–Kier alpha value is -3.72. The summed E-state index contributed by atoms with van der Waals surface area (Å²) in [4.78, 5) is 13.2. The van der Waals surface area contributed by atoms with Gasteiger partial charge in [0.15, 0.2) is 5.69 Å². The van der Waals surface area contributed by atoms with Crippen LogP contribution in [0.25, 0.3) is 0 Å². The first-order chi connectivity index (χ1) is 13.8. The SMILES string of the molecule is Cc1ccc(N=Nc2c(C)c(C#N)c(O)n(C(C)c3ccccc3)c2=O)cc1C. The van der Waals surface area contributed by atoms with Crippen LogP contribution in [0.4, 0.5) is 11.4 Å². The lowest BCUT2D eigenvalue weighted by molar-refractivity contribution is 0.393. The van der Waals surface area contributed by atoms with Crippen LogP contribution >= 0.6 is 0 Å². The van der Waals surface area contributed by atoms with Gasteiger partial charge in [-0.25, -0.2) is 0 Å². The summed E-state index contributed by atoms with van der Waals surface area (Å²) in [7, 11) is 0. The van der Waals surface area contributed by atoms with Crippen LogP contribution in [0, 0.1) is 32.1 Å². The third-order valence-corrected chi connectivity index (χ3v) is 5.14. The topological polar surface area (TPSA) is 90.7 Å². The Morgan fingerprint density at radius 2 is 1.72 bits per heavy atom. The quantitative estimate of drug-likeness (QED) is 0.611. The summed E-state index contributed by atoms with van der Waals surface area (Å²) < 4.78 is 1.19. The highest BCUT2D eigenvalue weighted by molar-refractivity contribution is 5.57. The molecule has 0 radical (unpaired) electrons. The second-order valence-corrected chi connectivity index (χ2v) is 7.01. The Labute approximate surface area is 169 Å². The highest BCUT2D eigenvalue weighted by Gasteiger charge is 2.23. The molecule has 3 aromatic rings. The van der Waals surface area contributed by atoms with E-state index in [9.17, 15) is 15.2 Å². The molecule has 1 atom stereocenters. The van der Waals surface area contributed by atoms with Crippen molar-refractivity contribution in [3.05, 3.63) is 86.7 Å². The summed E-state index contributed by atoms with van der Waals surface area (Å²) in [5.74, 6) is -0.364. The van der Waals surface area contributed by atoms with E-state index < -0.39 is 11.6 Å². The van der Waals surface area contributed by atoms with Crippen molar-refractivity contribution in [2.75, 3.05) is 0 Å². The minimum absolute atomic E-state index is 0.0152. The van der Waals surface area contributed by atoms with E-state index in [4.69, 9.17) is 0 Å². The molecule has 6 nitrogen and oxygen atoms in total. The summed E-state index contributed by atoms with van der Waals surface area (Å²) in [6.45, 7) is 7.36. The lowest BCUT2D eigenvalue weighted by Crippen LogP contribution is -2.25. The first-order valence-electron chi connectivity index (χ1n) is 9.27. The van der Waals surface area contributed by atoms with Gasteiger partial charge in [0, 0.05) is 5.56 Å². The number of benzene rings is 2. The van der Waals surface area contributed by atoms with Crippen molar-refractivity contribution in [1.82, 2.24) is 4.57 Å². The van der Waals surface area contributed by atoms with Gasteiger partial charge < -0.3 is 5.11 Å². The van der Waals surface area contributed by atoms with Crippen LogP contribution in [0.3, 0.4) is 0 Å². The number of pyridine rings is 1. The van der Waals surface area contributed by atoms with E-state index in [1.54, 1.807) is 13.8 Å². The van der Waals surface area contributed by atoms with Crippen LogP contribution in [-0.4, -0.2) is 9.67 Å². The highest BCUT2D eigenvalue weighted by Crippen LogP contribution is 2.31. The summed E-state index contributed by atoms with van der Waals surface area (Å²) in [5.41, 5.74) is 3.51. The molecule has 0 bridgehead atoms. The van der Waals surface area contributed by atoms with Crippen molar-refractivity contribution in [3.8, 4) is 11.9 Å². The van der Waals surface area contributed by atoms with Crippen LogP contribution in [0.2, 0.25) is 0 Å². The molecule has 2 aromatic carbocycles. The van der Waals surface area contributed by atoms with Crippen LogP contribution in [0.15, 0.2) is 63.6 Å². The zero-order valence-electron chi connectivity index (χ0n) is 16.8. The summed E-state index contributed by atoms with van der Waals surface area (Å²) in [6, 6.07) is 16.4. The van der Waals surface area contributed by atoms with Gasteiger partial charge in [0.2, 0.25) is 5.88 Å². The van der Waals surface area contributed by atoms with Gasteiger partial charge in [-0.05, 0) is 56.5 Å². The van der Waals surface area contributed by atoms with Crippen molar-refractivity contribution in [3.63, 3.8) is 0 Å². The average molecular weight is 386 g/mol. The maximum absolute atomic E-state index is 13.2. The molecule has 1 N–H and O–H groups in total. The molecule has 0 saturated heterocycles. The van der Waals surface area contributed by atoms with E-state index in [0.717, 1.165) is 16.7 Å². The number of aryl methyl sites for hydroxylation is 2. The summed E-state index contributed by atoms with van der Waals surface area (Å²) in [5, 5.41) is 28.5. The van der Waals surface area contributed by atoms with E-state index in [2.05, 4.69) is 10.2 Å². The predicted octanol–water partition coefficient (Wildman–Crippen LogP) is 5.38. The fourth-order valence-electron chi connectivity index (χ4n) is 3.16. The first kappa shape index (κ1) is 20.0. The lowest BCUT2D eigenvalue weighted by atomic mass is 10.1. The first-order valence-corrected chi connectivity index (χ1v) is 9.27. The molecule has 1 unspecified atom stereocenters. The van der Waals surface area contributed by atoms with Gasteiger partial charge in [-0.1, -0.05) is 36.4 Å². The Balaban J connectivity index is 2.17. The summed E-state index contributed by atoms with van der Waals surface area (Å²) >= 11 is 0. The largest absolute Gasteiger partial charge is 0.493 e. The van der Waals surface area contributed by atoms with Gasteiger partial charge in [0.1, 0.15) is 11.6 Å².